The van der Waals surface area contributed by atoms with E-state index >= 15 is 0 Å². The molecule has 0 aromatic heterocycles. The van der Waals surface area contributed by atoms with Gasteiger partial charge >= 0.3 is 6.36 Å². The molecule has 1 aromatic rings. The van der Waals surface area contributed by atoms with Crippen LogP contribution in [0.2, 0.25) is 0 Å². The number of halogens is 3. The molecule has 0 heterocycles. The molecule has 0 aliphatic carbocycles. The van der Waals surface area contributed by atoms with Crippen molar-refractivity contribution >= 4 is 0 Å². The molecule has 0 unspecified atom stereocenters. The van der Waals surface area contributed by atoms with Gasteiger partial charge in [0.15, 0.2) is 0 Å². The van der Waals surface area contributed by atoms with Gasteiger partial charge in [-0.1, -0.05) is 6.07 Å². The van der Waals surface area contributed by atoms with Gasteiger partial charge in [-0.2, -0.15) is 10.5 Å². The van der Waals surface area contributed by atoms with Gasteiger partial charge in [-0.15, -0.1) is 13.2 Å². The van der Waals surface area contributed by atoms with Crippen LogP contribution in [0.1, 0.15) is 11.1 Å². The Balaban J connectivity index is 3.05. The monoisotopic (exact) mass is 226 g/mol. The molecule has 0 saturated heterocycles. The van der Waals surface area contributed by atoms with Crippen LogP contribution in [-0.2, 0) is 6.42 Å². The number of hydrogen-bond acceptors (Lipinski definition) is 3. The Morgan fingerprint density at radius 3 is 2.44 bits per heavy atom. The lowest BCUT2D eigenvalue weighted by Gasteiger charge is -2.10. The van der Waals surface area contributed by atoms with Crippen LogP contribution in [-0.4, -0.2) is 6.36 Å². The molecule has 3 nitrogen and oxygen atoms in total. The van der Waals surface area contributed by atoms with E-state index in [1.807, 2.05) is 6.07 Å². The molecule has 16 heavy (non-hydrogen) atoms. The second kappa shape index (κ2) is 4.54. The molecule has 0 saturated carbocycles. The zero-order valence-corrected chi connectivity index (χ0v) is 7.88. The van der Waals surface area contributed by atoms with Gasteiger partial charge in [-0.05, 0) is 17.7 Å². The van der Waals surface area contributed by atoms with Crippen LogP contribution in [0.3, 0.4) is 0 Å². The zero-order valence-electron chi connectivity index (χ0n) is 7.88. The van der Waals surface area contributed by atoms with E-state index in [4.69, 9.17) is 10.5 Å². The second-order valence-corrected chi connectivity index (χ2v) is 2.83. The summed E-state index contributed by atoms with van der Waals surface area (Å²) in [5.41, 5.74) is 0.221. The van der Waals surface area contributed by atoms with Crippen molar-refractivity contribution in [1.29, 1.82) is 10.5 Å². The lowest BCUT2D eigenvalue weighted by Crippen LogP contribution is -2.17. The van der Waals surface area contributed by atoms with Crippen LogP contribution in [0.25, 0.3) is 0 Å². The van der Waals surface area contributed by atoms with Crippen molar-refractivity contribution in [2.45, 2.75) is 12.8 Å². The first kappa shape index (κ1) is 11.9. The third kappa shape index (κ3) is 3.18. The van der Waals surface area contributed by atoms with E-state index in [1.54, 1.807) is 6.07 Å². The normalized spacial score (nSPS) is 10.3. The van der Waals surface area contributed by atoms with Crippen molar-refractivity contribution in [2.75, 3.05) is 0 Å². The molecule has 0 fully saturated rings. The first-order chi connectivity index (χ1) is 7.46. The van der Waals surface area contributed by atoms with Crippen LogP contribution in [0.15, 0.2) is 18.2 Å². The minimum Gasteiger partial charge on any atom is -0.404 e. The summed E-state index contributed by atoms with van der Waals surface area (Å²) in [7, 11) is 0. The van der Waals surface area contributed by atoms with E-state index in [-0.39, 0.29) is 12.0 Å². The van der Waals surface area contributed by atoms with Gasteiger partial charge in [0.25, 0.3) is 0 Å². The fourth-order valence-corrected chi connectivity index (χ4v) is 1.08. The molecular weight excluding hydrogens is 221 g/mol. The maximum atomic E-state index is 11.9. The topological polar surface area (TPSA) is 56.8 Å². The maximum absolute atomic E-state index is 11.9. The lowest BCUT2D eigenvalue weighted by atomic mass is 10.1. The predicted octanol–water partition coefficient (Wildman–Crippen LogP) is 2.52. The number of benzene rings is 1. The summed E-state index contributed by atoms with van der Waals surface area (Å²) < 4.78 is 39.4. The predicted molar refractivity (Wildman–Crippen MR) is 47.2 cm³/mol. The minimum atomic E-state index is -4.83. The molecule has 0 aliphatic heterocycles. The standard InChI is InChI=1S/C10H5F3N2O/c11-10(12,13)16-9-2-1-7(3-4-14)5-8(9)6-15/h1-2,5H,3H2. The first-order valence-corrected chi connectivity index (χ1v) is 4.12. The average molecular weight is 226 g/mol. The second-order valence-electron chi connectivity index (χ2n) is 2.83. The molecular formula is C10H5F3N2O. The summed E-state index contributed by atoms with van der Waals surface area (Å²) in [5.74, 6) is -0.559. The Labute approximate surface area is 89.3 Å². The summed E-state index contributed by atoms with van der Waals surface area (Å²) in [5, 5.41) is 17.0. The average Bonchev–Trinajstić information content (AvgIpc) is 2.18. The van der Waals surface area contributed by atoms with Gasteiger partial charge in [0.05, 0.1) is 18.1 Å². The van der Waals surface area contributed by atoms with Crippen molar-refractivity contribution in [2.24, 2.45) is 0 Å². The number of alkyl halides is 3. The molecule has 1 rings (SSSR count). The van der Waals surface area contributed by atoms with Crippen LogP contribution in [0, 0.1) is 22.7 Å². The van der Waals surface area contributed by atoms with E-state index in [1.165, 1.54) is 12.1 Å². The molecule has 0 spiro atoms. The molecule has 0 radical (unpaired) electrons. The van der Waals surface area contributed by atoms with Gasteiger partial charge in [0.1, 0.15) is 11.8 Å². The van der Waals surface area contributed by atoms with Crippen molar-refractivity contribution in [3.05, 3.63) is 29.3 Å². The van der Waals surface area contributed by atoms with Crippen molar-refractivity contribution in [1.82, 2.24) is 0 Å². The van der Waals surface area contributed by atoms with Gasteiger partial charge in [0, 0.05) is 0 Å². The zero-order chi connectivity index (χ0) is 12.2. The first-order valence-electron chi connectivity index (χ1n) is 4.12. The van der Waals surface area contributed by atoms with Gasteiger partial charge in [0.2, 0.25) is 0 Å². The Bertz CT molecular complexity index is 468. The highest BCUT2D eigenvalue weighted by molar-refractivity contribution is 5.46. The van der Waals surface area contributed by atoms with E-state index in [0.717, 1.165) is 6.07 Å². The Hall–Kier alpha value is -2.21. The number of nitrogens with zero attached hydrogens (tertiary/aromatic N) is 2. The molecule has 82 valence electrons. The Kier molecular flexibility index (Phi) is 3.37. The van der Waals surface area contributed by atoms with Crippen molar-refractivity contribution in [3.8, 4) is 17.9 Å². The Morgan fingerprint density at radius 1 is 1.25 bits per heavy atom. The van der Waals surface area contributed by atoms with Crippen molar-refractivity contribution in [3.63, 3.8) is 0 Å². The number of nitriles is 2. The van der Waals surface area contributed by atoms with Crippen LogP contribution in [0.5, 0.6) is 5.75 Å². The highest BCUT2D eigenvalue weighted by atomic mass is 19.4. The number of ether oxygens (including phenoxy) is 1. The molecule has 6 heteroatoms. The summed E-state index contributed by atoms with van der Waals surface area (Å²) >= 11 is 0. The third-order valence-electron chi connectivity index (χ3n) is 1.67. The molecule has 0 N–H and O–H groups in total. The smallest absolute Gasteiger partial charge is 0.404 e. The summed E-state index contributed by atoms with van der Waals surface area (Å²) in [6.07, 6.45) is -4.80. The molecule has 1 aromatic carbocycles. The Morgan fingerprint density at radius 2 is 1.94 bits per heavy atom. The van der Waals surface area contributed by atoms with Gasteiger partial charge in [-0.3, -0.25) is 0 Å². The fourth-order valence-electron chi connectivity index (χ4n) is 1.08. The van der Waals surface area contributed by atoms with Crippen LogP contribution in [0.4, 0.5) is 13.2 Å². The third-order valence-corrected chi connectivity index (χ3v) is 1.67. The van der Waals surface area contributed by atoms with Gasteiger partial charge < -0.3 is 4.74 Å². The largest absolute Gasteiger partial charge is 0.573 e. The summed E-state index contributed by atoms with van der Waals surface area (Å²) in [4.78, 5) is 0. The van der Waals surface area contributed by atoms with Crippen molar-refractivity contribution < 1.29 is 17.9 Å². The van der Waals surface area contributed by atoms with E-state index in [0.29, 0.717) is 5.56 Å². The highest BCUT2D eigenvalue weighted by Gasteiger charge is 2.32. The minimum absolute atomic E-state index is 0.0287. The molecule has 0 bridgehead atoms. The number of rotatable bonds is 2. The highest BCUT2D eigenvalue weighted by Crippen LogP contribution is 2.26. The lowest BCUT2D eigenvalue weighted by molar-refractivity contribution is -0.274. The van der Waals surface area contributed by atoms with E-state index in [2.05, 4.69) is 4.74 Å². The fraction of sp³-hybridized carbons (Fsp3) is 0.200. The van der Waals surface area contributed by atoms with E-state index in [9.17, 15) is 13.2 Å². The van der Waals surface area contributed by atoms with E-state index < -0.39 is 12.1 Å². The molecule has 0 amide bonds. The number of hydrogen-bond donors (Lipinski definition) is 0. The molecule has 0 atom stereocenters. The van der Waals surface area contributed by atoms with Crippen LogP contribution < -0.4 is 4.74 Å². The quantitative estimate of drug-likeness (QED) is 0.778. The van der Waals surface area contributed by atoms with Gasteiger partial charge in [-0.25, -0.2) is 0 Å². The summed E-state index contributed by atoms with van der Waals surface area (Å²) in [6, 6.07) is 6.95. The summed E-state index contributed by atoms with van der Waals surface area (Å²) in [6.45, 7) is 0. The van der Waals surface area contributed by atoms with Crippen LogP contribution >= 0.6 is 0 Å². The maximum Gasteiger partial charge on any atom is 0.573 e. The SMILES string of the molecule is N#CCc1ccc(OC(F)(F)F)c(C#N)c1. The molecule has 0 aliphatic rings.